The molecular formula is C19H28N6O3. The fourth-order valence-electron chi connectivity index (χ4n) is 4.09. The molecule has 28 heavy (non-hydrogen) atoms. The Bertz CT molecular complexity index is 847. The summed E-state index contributed by atoms with van der Waals surface area (Å²) in [6, 6.07) is 0. The van der Waals surface area contributed by atoms with Crippen molar-refractivity contribution in [1.82, 2.24) is 24.4 Å². The lowest BCUT2D eigenvalue weighted by atomic mass is 10.0. The van der Waals surface area contributed by atoms with Crippen molar-refractivity contribution in [3.63, 3.8) is 0 Å². The largest absolute Gasteiger partial charge is 0.444 e. The molecule has 2 aliphatic rings. The molecule has 2 atom stereocenters. The zero-order valence-electron chi connectivity index (χ0n) is 17.0. The Balaban J connectivity index is 1.45. The van der Waals surface area contributed by atoms with E-state index < -0.39 is 5.60 Å². The van der Waals surface area contributed by atoms with Crippen LogP contribution in [0.5, 0.6) is 0 Å². The quantitative estimate of drug-likeness (QED) is 0.789. The predicted octanol–water partition coefficient (Wildman–Crippen LogP) is 1.78. The minimum absolute atomic E-state index is 0.213. The first kappa shape index (κ1) is 18.9. The monoisotopic (exact) mass is 388 g/mol. The first-order valence-electron chi connectivity index (χ1n) is 9.73. The highest BCUT2D eigenvalue weighted by molar-refractivity contribution is 5.83. The zero-order valence-corrected chi connectivity index (χ0v) is 17.0. The van der Waals surface area contributed by atoms with Gasteiger partial charge in [0, 0.05) is 51.7 Å². The van der Waals surface area contributed by atoms with Gasteiger partial charge in [-0.15, -0.1) is 0 Å². The van der Waals surface area contributed by atoms with Crippen molar-refractivity contribution in [3.8, 4) is 0 Å². The van der Waals surface area contributed by atoms with E-state index in [1.807, 2.05) is 30.2 Å². The van der Waals surface area contributed by atoms with Crippen LogP contribution in [0.25, 0.3) is 11.2 Å². The fraction of sp³-hybridized carbons (Fsp3) is 0.684. The van der Waals surface area contributed by atoms with Gasteiger partial charge in [0.25, 0.3) is 0 Å². The molecule has 0 N–H and O–H groups in total. The van der Waals surface area contributed by atoms with Crippen LogP contribution >= 0.6 is 0 Å². The van der Waals surface area contributed by atoms with Gasteiger partial charge in [0.2, 0.25) is 0 Å². The number of rotatable bonds is 4. The molecular weight excluding hydrogens is 360 g/mol. The van der Waals surface area contributed by atoms with Crippen LogP contribution < -0.4 is 4.90 Å². The molecule has 0 aromatic carbocycles. The van der Waals surface area contributed by atoms with Gasteiger partial charge in [0.05, 0.1) is 12.9 Å². The molecule has 2 aliphatic heterocycles. The van der Waals surface area contributed by atoms with Crippen LogP contribution in [0.1, 0.15) is 20.8 Å². The number of imidazole rings is 1. The maximum Gasteiger partial charge on any atom is 0.410 e. The van der Waals surface area contributed by atoms with Gasteiger partial charge in [-0.25, -0.2) is 19.7 Å². The number of likely N-dealkylation sites (tertiary alicyclic amines) is 1. The lowest BCUT2D eigenvalue weighted by molar-refractivity contribution is 0.0282. The molecule has 9 heteroatoms. The van der Waals surface area contributed by atoms with Gasteiger partial charge in [-0.05, 0) is 20.8 Å². The molecule has 0 spiro atoms. The first-order chi connectivity index (χ1) is 13.4. The minimum Gasteiger partial charge on any atom is -0.444 e. The van der Waals surface area contributed by atoms with Gasteiger partial charge in [0.1, 0.15) is 11.9 Å². The second-order valence-electron chi connectivity index (χ2n) is 8.61. The number of anilines is 1. The highest BCUT2D eigenvalue weighted by atomic mass is 16.6. The Morgan fingerprint density at radius 1 is 1.14 bits per heavy atom. The lowest BCUT2D eigenvalue weighted by Gasteiger charge is -2.26. The van der Waals surface area contributed by atoms with Gasteiger partial charge in [0.15, 0.2) is 17.0 Å². The molecule has 9 nitrogen and oxygen atoms in total. The van der Waals surface area contributed by atoms with Gasteiger partial charge in [-0.2, -0.15) is 0 Å². The van der Waals surface area contributed by atoms with E-state index in [-0.39, 0.29) is 6.09 Å². The number of hydrogen-bond acceptors (Lipinski definition) is 7. The zero-order chi connectivity index (χ0) is 19.9. The summed E-state index contributed by atoms with van der Waals surface area (Å²) >= 11 is 0. The van der Waals surface area contributed by atoms with Crippen molar-refractivity contribution in [2.45, 2.75) is 32.9 Å². The molecule has 0 radical (unpaired) electrons. The minimum atomic E-state index is -0.463. The lowest BCUT2D eigenvalue weighted by Crippen LogP contribution is -2.37. The number of ether oxygens (including phenoxy) is 2. The number of nitrogens with zero attached hydrogens (tertiary/aromatic N) is 6. The second-order valence-corrected chi connectivity index (χ2v) is 8.61. The maximum atomic E-state index is 12.4. The summed E-state index contributed by atoms with van der Waals surface area (Å²) in [5.74, 6) is 1.72. The van der Waals surface area contributed by atoms with Gasteiger partial charge < -0.3 is 23.8 Å². The van der Waals surface area contributed by atoms with Crippen LogP contribution in [0.3, 0.4) is 0 Å². The van der Waals surface area contributed by atoms with Crippen molar-refractivity contribution in [2.24, 2.45) is 11.8 Å². The van der Waals surface area contributed by atoms with Gasteiger partial charge in [-0.1, -0.05) is 0 Å². The van der Waals surface area contributed by atoms with Gasteiger partial charge in [-0.3, -0.25) is 0 Å². The summed E-state index contributed by atoms with van der Waals surface area (Å²) in [4.78, 5) is 29.9. The molecule has 0 bridgehead atoms. The third-order valence-corrected chi connectivity index (χ3v) is 5.36. The van der Waals surface area contributed by atoms with E-state index >= 15 is 0 Å². The van der Waals surface area contributed by atoms with E-state index in [1.54, 1.807) is 19.8 Å². The normalized spacial score (nSPS) is 22.1. The number of fused-ring (bicyclic) bond motifs is 2. The molecule has 2 aromatic rings. The van der Waals surface area contributed by atoms with Crippen LogP contribution in [-0.4, -0.2) is 76.0 Å². The third-order valence-electron chi connectivity index (χ3n) is 5.36. The average molecular weight is 388 g/mol. The Morgan fingerprint density at radius 3 is 2.50 bits per heavy atom. The van der Waals surface area contributed by atoms with Crippen LogP contribution in [0.4, 0.5) is 10.6 Å². The number of hydrogen-bond donors (Lipinski definition) is 0. The van der Waals surface area contributed by atoms with E-state index in [9.17, 15) is 4.79 Å². The Labute approximate surface area is 164 Å². The third kappa shape index (κ3) is 3.63. The number of carbonyl (C=O) groups is 1. The highest BCUT2D eigenvalue weighted by Gasteiger charge is 2.43. The molecule has 2 saturated heterocycles. The summed E-state index contributed by atoms with van der Waals surface area (Å²) in [5.41, 5.74) is 1.19. The maximum absolute atomic E-state index is 12.4. The smallest absolute Gasteiger partial charge is 0.410 e. The van der Waals surface area contributed by atoms with Crippen LogP contribution in [0.2, 0.25) is 0 Å². The molecule has 152 valence electrons. The second kappa shape index (κ2) is 7.20. The van der Waals surface area contributed by atoms with Crippen molar-refractivity contribution in [2.75, 3.05) is 44.8 Å². The van der Waals surface area contributed by atoms with Crippen LogP contribution in [0, 0.1) is 11.8 Å². The molecule has 2 aromatic heterocycles. The topological polar surface area (TPSA) is 85.6 Å². The molecule has 4 rings (SSSR count). The van der Waals surface area contributed by atoms with E-state index in [0.29, 0.717) is 25.0 Å². The molecule has 2 fully saturated rings. The standard InChI is InChI=1S/C19H28N6O3/c1-19(2,3)28-18(26)25-9-13-7-24(8-14(13)10-25)17-15-16(20-11-21-17)23(12-22-15)5-6-27-4/h11-14H,5-10H2,1-4H3. The summed E-state index contributed by atoms with van der Waals surface area (Å²) < 4.78 is 12.7. The van der Waals surface area contributed by atoms with E-state index in [0.717, 1.165) is 43.2 Å². The SMILES string of the molecule is COCCn1cnc2c(N3CC4CN(C(=O)OC(C)(C)C)CC4C3)ncnc21. The predicted molar refractivity (Wildman–Crippen MR) is 104 cm³/mol. The van der Waals surface area contributed by atoms with E-state index in [2.05, 4.69) is 19.9 Å². The number of methoxy groups -OCH3 is 1. The van der Waals surface area contributed by atoms with Crippen LogP contribution in [-0.2, 0) is 16.0 Å². The summed E-state index contributed by atoms with van der Waals surface area (Å²) in [6.45, 7) is 10.2. The van der Waals surface area contributed by atoms with Crippen LogP contribution in [0.15, 0.2) is 12.7 Å². The number of carbonyl (C=O) groups excluding carboxylic acids is 1. The Kier molecular flexibility index (Phi) is 4.86. The van der Waals surface area contributed by atoms with E-state index in [1.165, 1.54) is 0 Å². The van der Waals surface area contributed by atoms with Gasteiger partial charge >= 0.3 is 6.09 Å². The Hall–Kier alpha value is -2.42. The first-order valence-corrected chi connectivity index (χ1v) is 9.73. The van der Waals surface area contributed by atoms with Crippen molar-refractivity contribution >= 4 is 23.1 Å². The summed E-state index contributed by atoms with van der Waals surface area (Å²) in [7, 11) is 1.68. The van der Waals surface area contributed by atoms with Crippen molar-refractivity contribution < 1.29 is 14.3 Å². The highest BCUT2D eigenvalue weighted by Crippen LogP contribution is 2.35. The number of amides is 1. The fourth-order valence-corrected chi connectivity index (χ4v) is 4.09. The molecule has 4 heterocycles. The Morgan fingerprint density at radius 2 is 1.86 bits per heavy atom. The van der Waals surface area contributed by atoms with Crippen molar-refractivity contribution in [1.29, 1.82) is 0 Å². The molecule has 1 amide bonds. The summed E-state index contributed by atoms with van der Waals surface area (Å²) in [6.07, 6.45) is 3.18. The molecule has 0 aliphatic carbocycles. The molecule has 2 unspecified atom stereocenters. The van der Waals surface area contributed by atoms with E-state index in [4.69, 9.17) is 9.47 Å². The van der Waals surface area contributed by atoms with Crippen molar-refractivity contribution in [3.05, 3.63) is 12.7 Å². The summed E-state index contributed by atoms with van der Waals surface area (Å²) in [5, 5.41) is 0. The molecule has 0 saturated carbocycles. The average Bonchev–Trinajstić information content (AvgIpc) is 3.31. The number of aromatic nitrogens is 4.